The van der Waals surface area contributed by atoms with Crippen molar-refractivity contribution in [3.63, 3.8) is 0 Å². The molecule has 0 spiro atoms. The molecule has 0 radical (unpaired) electrons. The van der Waals surface area contributed by atoms with Gasteiger partial charge < -0.3 is 15.0 Å². The Labute approximate surface area is 198 Å². The van der Waals surface area contributed by atoms with Crippen LogP contribution in [0.2, 0.25) is 0 Å². The lowest BCUT2D eigenvalue weighted by atomic mass is 9.98. The van der Waals surface area contributed by atoms with Crippen LogP contribution in [0.3, 0.4) is 0 Å². The van der Waals surface area contributed by atoms with E-state index < -0.39 is 0 Å². The van der Waals surface area contributed by atoms with Gasteiger partial charge in [-0.3, -0.25) is 9.59 Å². The van der Waals surface area contributed by atoms with E-state index in [1.54, 1.807) is 24.9 Å². The van der Waals surface area contributed by atoms with Crippen molar-refractivity contribution in [2.45, 2.75) is 39.8 Å². The minimum Gasteiger partial charge on any atom is -0.497 e. The lowest BCUT2D eigenvalue weighted by Gasteiger charge is -2.31. The maximum absolute atomic E-state index is 12.8. The number of benzene rings is 1. The SMILES string of the molecule is COc1cccc(CNC(=O)c2cc(-c3nnn(C[C@@H]4CCCN(C(C)=O)C4)n3)cc(C)n2)c1. The van der Waals surface area contributed by atoms with Gasteiger partial charge in [-0.1, -0.05) is 12.1 Å². The minimum atomic E-state index is -0.285. The van der Waals surface area contributed by atoms with Crippen molar-refractivity contribution in [2.24, 2.45) is 5.92 Å². The number of nitrogens with zero attached hydrogens (tertiary/aromatic N) is 6. The molecule has 2 aromatic heterocycles. The monoisotopic (exact) mass is 463 g/mol. The number of hydrogen-bond donors (Lipinski definition) is 1. The van der Waals surface area contributed by atoms with E-state index >= 15 is 0 Å². The third kappa shape index (κ3) is 5.75. The predicted molar refractivity (Wildman–Crippen MR) is 125 cm³/mol. The van der Waals surface area contributed by atoms with Crippen LogP contribution >= 0.6 is 0 Å². The maximum atomic E-state index is 12.8. The fourth-order valence-corrected chi connectivity index (χ4v) is 4.14. The van der Waals surface area contributed by atoms with Crippen LogP contribution in [-0.4, -0.2) is 62.1 Å². The van der Waals surface area contributed by atoms with E-state index in [0.29, 0.717) is 42.4 Å². The number of aromatic nitrogens is 5. The number of carbonyl (C=O) groups is 2. The predicted octanol–water partition coefficient (Wildman–Crippen LogP) is 2.24. The van der Waals surface area contributed by atoms with Gasteiger partial charge in [0.1, 0.15) is 11.4 Å². The normalized spacial score (nSPS) is 15.7. The van der Waals surface area contributed by atoms with Gasteiger partial charge in [-0.05, 0) is 60.7 Å². The number of likely N-dealkylation sites (tertiary alicyclic amines) is 1. The Morgan fingerprint density at radius 2 is 2.09 bits per heavy atom. The second-order valence-electron chi connectivity index (χ2n) is 8.56. The fourth-order valence-electron chi connectivity index (χ4n) is 4.14. The van der Waals surface area contributed by atoms with Crippen LogP contribution in [0, 0.1) is 12.8 Å². The molecule has 1 aliphatic rings. The fraction of sp³-hybridized carbons (Fsp3) is 0.417. The van der Waals surface area contributed by atoms with E-state index in [9.17, 15) is 9.59 Å². The molecule has 4 rings (SSSR count). The molecule has 178 valence electrons. The van der Waals surface area contributed by atoms with Gasteiger partial charge in [-0.25, -0.2) is 4.98 Å². The highest BCUT2D eigenvalue weighted by Gasteiger charge is 2.23. The van der Waals surface area contributed by atoms with Gasteiger partial charge in [0.25, 0.3) is 5.91 Å². The first kappa shape index (κ1) is 23.3. The maximum Gasteiger partial charge on any atom is 0.270 e. The highest BCUT2D eigenvalue weighted by Crippen LogP contribution is 2.20. The Bertz CT molecular complexity index is 1180. The number of hydrogen-bond acceptors (Lipinski definition) is 7. The topological polar surface area (TPSA) is 115 Å². The first-order valence-corrected chi connectivity index (χ1v) is 11.3. The van der Waals surface area contributed by atoms with E-state index in [0.717, 1.165) is 30.7 Å². The molecule has 1 fully saturated rings. The number of piperidine rings is 1. The summed E-state index contributed by atoms with van der Waals surface area (Å²) in [5.74, 6) is 1.27. The van der Waals surface area contributed by atoms with Gasteiger partial charge in [0, 0.05) is 37.8 Å². The molecule has 1 aliphatic heterocycles. The summed E-state index contributed by atoms with van der Waals surface area (Å²) in [6.07, 6.45) is 2.00. The van der Waals surface area contributed by atoms with Crippen LogP contribution in [0.4, 0.5) is 0 Å². The number of rotatable bonds is 7. The van der Waals surface area contributed by atoms with Crippen molar-refractivity contribution in [3.8, 4) is 17.1 Å². The molecular formula is C24H29N7O3. The summed E-state index contributed by atoms with van der Waals surface area (Å²) in [4.78, 5) is 32.3. The molecule has 10 nitrogen and oxygen atoms in total. The number of carbonyl (C=O) groups excluding carboxylic acids is 2. The van der Waals surface area contributed by atoms with Gasteiger partial charge in [-0.15, -0.1) is 10.2 Å². The summed E-state index contributed by atoms with van der Waals surface area (Å²) in [7, 11) is 1.61. The van der Waals surface area contributed by atoms with Gasteiger partial charge in [0.15, 0.2) is 0 Å². The van der Waals surface area contributed by atoms with Gasteiger partial charge in [-0.2, -0.15) is 4.80 Å². The van der Waals surface area contributed by atoms with E-state index in [-0.39, 0.29) is 17.7 Å². The molecule has 2 amide bonds. The van der Waals surface area contributed by atoms with E-state index in [1.807, 2.05) is 42.2 Å². The summed E-state index contributed by atoms with van der Waals surface area (Å²) in [6, 6.07) is 11.0. The van der Waals surface area contributed by atoms with Crippen LogP contribution in [0.15, 0.2) is 36.4 Å². The first-order chi connectivity index (χ1) is 16.4. The number of amides is 2. The third-order valence-corrected chi connectivity index (χ3v) is 5.87. The Morgan fingerprint density at radius 3 is 2.88 bits per heavy atom. The van der Waals surface area contributed by atoms with Crippen LogP contribution in [0.1, 0.15) is 41.5 Å². The highest BCUT2D eigenvalue weighted by atomic mass is 16.5. The minimum absolute atomic E-state index is 0.0985. The van der Waals surface area contributed by atoms with Crippen LogP contribution in [0.5, 0.6) is 5.75 Å². The van der Waals surface area contributed by atoms with Gasteiger partial charge in [0.2, 0.25) is 11.7 Å². The zero-order chi connectivity index (χ0) is 24.1. The van der Waals surface area contributed by atoms with Crippen LogP contribution < -0.4 is 10.1 Å². The summed E-state index contributed by atoms with van der Waals surface area (Å²) in [5.41, 5.74) is 2.58. The summed E-state index contributed by atoms with van der Waals surface area (Å²) in [6.45, 7) is 5.89. The number of pyridine rings is 1. The molecule has 0 saturated carbocycles. The lowest BCUT2D eigenvalue weighted by molar-refractivity contribution is -0.130. The lowest BCUT2D eigenvalue weighted by Crippen LogP contribution is -2.40. The van der Waals surface area contributed by atoms with E-state index in [4.69, 9.17) is 4.74 Å². The second kappa shape index (κ2) is 10.4. The molecule has 10 heteroatoms. The Balaban J connectivity index is 1.43. The van der Waals surface area contributed by atoms with Crippen molar-refractivity contribution in [2.75, 3.05) is 20.2 Å². The van der Waals surface area contributed by atoms with Crippen molar-refractivity contribution < 1.29 is 14.3 Å². The highest BCUT2D eigenvalue weighted by molar-refractivity contribution is 5.93. The second-order valence-corrected chi connectivity index (χ2v) is 8.56. The van der Waals surface area contributed by atoms with Gasteiger partial charge >= 0.3 is 0 Å². The molecule has 0 aliphatic carbocycles. The molecule has 0 unspecified atom stereocenters. The van der Waals surface area contributed by atoms with Crippen molar-refractivity contribution in [3.05, 3.63) is 53.3 Å². The summed E-state index contributed by atoms with van der Waals surface area (Å²) in [5, 5.41) is 15.8. The van der Waals surface area contributed by atoms with Crippen LogP contribution in [-0.2, 0) is 17.9 Å². The number of methoxy groups -OCH3 is 1. The smallest absolute Gasteiger partial charge is 0.270 e. The van der Waals surface area contributed by atoms with Gasteiger partial charge in [0.05, 0.1) is 13.7 Å². The van der Waals surface area contributed by atoms with E-state index in [2.05, 4.69) is 25.7 Å². The number of ether oxygens (including phenoxy) is 1. The Kier molecular flexibility index (Phi) is 7.15. The number of aryl methyl sites for hydroxylation is 1. The molecule has 1 atom stereocenters. The Morgan fingerprint density at radius 1 is 1.24 bits per heavy atom. The quantitative estimate of drug-likeness (QED) is 0.571. The molecule has 1 N–H and O–H groups in total. The average molecular weight is 464 g/mol. The molecule has 34 heavy (non-hydrogen) atoms. The average Bonchev–Trinajstić information content (AvgIpc) is 3.31. The molecule has 3 aromatic rings. The van der Waals surface area contributed by atoms with E-state index in [1.165, 1.54) is 0 Å². The standard InChI is InChI=1S/C24H29N7O3/c1-16-10-20(12-22(26-16)24(33)25-13-18-6-4-8-21(11-18)34-3)23-27-29-31(28-23)15-19-7-5-9-30(14-19)17(2)32/h4,6,8,10-12,19H,5,7,9,13-15H2,1-3H3,(H,25,33)/t19-/m1/s1. The zero-order valence-electron chi connectivity index (χ0n) is 19.7. The molecule has 3 heterocycles. The first-order valence-electron chi connectivity index (χ1n) is 11.3. The molecule has 1 aromatic carbocycles. The van der Waals surface area contributed by atoms with Crippen molar-refractivity contribution in [1.82, 2.24) is 35.4 Å². The largest absolute Gasteiger partial charge is 0.497 e. The summed E-state index contributed by atoms with van der Waals surface area (Å²) >= 11 is 0. The van der Waals surface area contributed by atoms with Crippen molar-refractivity contribution in [1.29, 1.82) is 0 Å². The zero-order valence-corrected chi connectivity index (χ0v) is 19.7. The van der Waals surface area contributed by atoms with Crippen LogP contribution in [0.25, 0.3) is 11.4 Å². The number of nitrogens with one attached hydrogen (secondary N) is 1. The number of tetrazole rings is 1. The molecule has 0 bridgehead atoms. The Hall–Kier alpha value is -3.82. The molecule has 1 saturated heterocycles. The van der Waals surface area contributed by atoms with Crippen molar-refractivity contribution >= 4 is 11.8 Å². The third-order valence-electron chi connectivity index (χ3n) is 5.87. The summed E-state index contributed by atoms with van der Waals surface area (Å²) < 4.78 is 5.23. The molecular weight excluding hydrogens is 434 g/mol.